The van der Waals surface area contributed by atoms with Gasteiger partial charge >= 0.3 is 6.09 Å². The van der Waals surface area contributed by atoms with E-state index in [0.29, 0.717) is 48.1 Å². The van der Waals surface area contributed by atoms with Crippen molar-refractivity contribution in [2.24, 2.45) is 11.8 Å². The van der Waals surface area contributed by atoms with Crippen molar-refractivity contribution in [2.75, 3.05) is 13.1 Å². The van der Waals surface area contributed by atoms with E-state index in [9.17, 15) is 23.6 Å². The zero-order chi connectivity index (χ0) is 35.5. The van der Waals surface area contributed by atoms with Gasteiger partial charge in [-0.3, -0.25) is 24.3 Å². The molecule has 4 aliphatic rings. The molecule has 7 rings (SSSR count). The first kappa shape index (κ1) is 34.2. The standard InChI is InChI=1S/C39H48FN5O5/c1-23-7-6-8-24(2)44(23)36(47)30-20-27(40)10-12-32(30)43-22-31(29-13-16-41-21-33(29)43)35(46)25-14-17-42(18-15-25)37(48)34-26-9-11-28(19-26)45(34)38(49)50-39(3,4)5/h10,12-13,16,20-26,28,34H,6-9,11,14-15,17-19H2,1-5H3/t23-,24+,26-,28+,34-/m0/s1. The third-order valence-electron chi connectivity index (χ3n) is 11.4. The van der Waals surface area contributed by atoms with Gasteiger partial charge < -0.3 is 19.1 Å². The van der Waals surface area contributed by atoms with E-state index in [2.05, 4.69) is 4.98 Å². The van der Waals surface area contributed by atoms with E-state index in [0.717, 1.165) is 38.5 Å². The number of pyridine rings is 1. The third-order valence-corrected chi connectivity index (χ3v) is 11.4. The molecule has 1 aromatic carbocycles. The Morgan fingerprint density at radius 2 is 1.62 bits per heavy atom. The lowest BCUT2D eigenvalue weighted by Crippen LogP contribution is -2.56. The van der Waals surface area contributed by atoms with Crippen LogP contribution < -0.4 is 0 Å². The molecule has 4 fully saturated rings. The number of ether oxygens (including phenoxy) is 1. The average Bonchev–Trinajstić information content (AvgIpc) is 3.81. The van der Waals surface area contributed by atoms with Gasteiger partial charge in [-0.05, 0) is 116 Å². The first-order chi connectivity index (χ1) is 23.8. The van der Waals surface area contributed by atoms with Gasteiger partial charge in [0.25, 0.3) is 5.91 Å². The summed E-state index contributed by atoms with van der Waals surface area (Å²) in [7, 11) is 0. The first-order valence-corrected chi connectivity index (χ1v) is 18.2. The number of Topliss-reactive ketones (excluding diaryl/α,β-unsaturated/α-hetero) is 1. The van der Waals surface area contributed by atoms with Crippen LogP contribution in [0.1, 0.15) is 107 Å². The van der Waals surface area contributed by atoms with E-state index in [1.54, 1.807) is 40.2 Å². The molecule has 10 nitrogen and oxygen atoms in total. The molecular weight excluding hydrogens is 637 g/mol. The van der Waals surface area contributed by atoms with Crippen molar-refractivity contribution in [3.63, 3.8) is 0 Å². The molecule has 1 aliphatic carbocycles. The van der Waals surface area contributed by atoms with Gasteiger partial charge in [0.05, 0.1) is 23.0 Å². The van der Waals surface area contributed by atoms with E-state index in [1.165, 1.54) is 12.1 Å². The maximum absolute atomic E-state index is 14.7. The van der Waals surface area contributed by atoms with E-state index in [4.69, 9.17) is 4.74 Å². The van der Waals surface area contributed by atoms with E-state index in [1.807, 2.05) is 44.4 Å². The van der Waals surface area contributed by atoms with Gasteiger partial charge in [-0.1, -0.05) is 0 Å². The van der Waals surface area contributed by atoms with Gasteiger partial charge in [0, 0.05) is 60.5 Å². The van der Waals surface area contributed by atoms with Crippen LogP contribution >= 0.6 is 0 Å². The summed E-state index contributed by atoms with van der Waals surface area (Å²) in [5.41, 5.74) is 1.27. The van der Waals surface area contributed by atoms with Crippen LogP contribution in [-0.2, 0) is 9.53 Å². The molecule has 0 spiro atoms. The van der Waals surface area contributed by atoms with Crippen LogP contribution in [0.3, 0.4) is 0 Å². The number of rotatable bonds is 5. The smallest absolute Gasteiger partial charge is 0.411 e. The molecule has 0 radical (unpaired) electrons. The SMILES string of the molecule is C[C@@H]1CCC[C@H](C)N1C(=O)c1cc(F)ccc1-n1cc(C(=O)C2CCN(C(=O)[C@@H]3[C@H]4CC[C@H](C4)N3C(=O)OC(C)(C)C)CC2)c2ccncc21. The lowest BCUT2D eigenvalue weighted by atomic mass is 9.88. The molecule has 2 aromatic heterocycles. The number of ketones is 1. The fourth-order valence-electron chi connectivity index (χ4n) is 8.97. The summed E-state index contributed by atoms with van der Waals surface area (Å²) in [6.07, 6.45) is 11.1. The molecule has 50 heavy (non-hydrogen) atoms. The summed E-state index contributed by atoms with van der Waals surface area (Å²) in [4.78, 5) is 65.1. The highest BCUT2D eigenvalue weighted by Crippen LogP contribution is 2.44. The van der Waals surface area contributed by atoms with Crippen LogP contribution in [0.2, 0.25) is 0 Å². The molecule has 2 bridgehead atoms. The Morgan fingerprint density at radius 1 is 0.900 bits per heavy atom. The summed E-state index contributed by atoms with van der Waals surface area (Å²) in [5.74, 6) is -0.990. The van der Waals surface area contributed by atoms with Crippen LogP contribution in [0.4, 0.5) is 9.18 Å². The highest BCUT2D eigenvalue weighted by molar-refractivity contribution is 6.10. The number of fused-ring (bicyclic) bond motifs is 3. The number of hydrogen-bond acceptors (Lipinski definition) is 6. The predicted octanol–water partition coefficient (Wildman–Crippen LogP) is 6.78. The first-order valence-electron chi connectivity index (χ1n) is 18.2. The Hall–Kier alpha value is -4.28. The zero-order valence-corrected chi connectivity index (χ0v) is 29.7. The lowest BCUT2D eigenvalue weighted by Gasteiger charge is -2.39. The van der Waals surface area contributed by atoms with Crippen LogP contribution in [0.25, 0.3) is 16.6 Å². The molecule has 11 heteroatoms. The number of amides is 3. The molecule has 3 saturated heterocycles. The fourth-order valence-corrected chi connectivity index (χ4v) is 8.97. The molecule has 0 N–H and O–H groups in total. The topological polar surface area (TPSA) is 105 Å². The second kappa shape index (κ2) is 13.1. The quantitative estimate of drug-likeness (QED) is 0.275. The molecule has 5 heterocycles. The Morgan fingerprint density at radius 3 is 2.32 bits per heavy atom. The summed E-state index contributed by atoms with van der Waals surface area (Å²) >= 11 is 0. The minimum absolute atomic E-state index is 0.0262. The Balaban J connectivity index is 1.11. The number of aromatic nitrogens is 2. The predicted molar refractivity (Wildman–Crippen MR) is 187 cm³/mol. The van der Waals surface area contributed by atoms with Gasteiger partial charge in [0.15, 0.2) is 5.78 Å². The van der Waals surface area contributed by atoms with Crippen LogP contribution in [-0.4, -0.2) is 90.8 Å². The lowest BCUT2D eigenvalue weighted by molar-refractivity contribution is -0.139. The normalized spacial score (nSPS) is 25.7. The number of halogens is 1. The second-order valence-electron chi connectivity index (χ2n) is 15.8. The summed E-state index contributed by atoms with van der Waals surface area (Å²) in [6.45, 7) is 10.4. The largest absolute Gasteiger partial charge is 0.444 e. The molecule has 1 saturated carbocycles. The van der Waals surface area contributed by atoms with Crippen molar-refractivity contribution in [1.29, 1.82) is 0 Å². The summed E-state index contributed by atoms with van der Waals surface area (Å²) in [6, 6.07) is 5.60. The Labute approximate surface area is 292 Å². The molecular formula is C39H48FN5O5. The highest BCUT2D eigenvalue weighted by atomic mass is 19.1. The highest BCUT2D eigenvalue weighted by Gasteiger charge is 2.53. The van der Waals surface area contributed by atoms with Crippen molar-refractivity contribution in [3.8, 4) is 5.69 Å². The number of benzene rings is 1. The van der Waals surface area contributed by atoms with E-state index in [-0.39, 0.29) is 53.1 Å². The number of likely N-dealkylation sites (tertiary alicyclic amines) is 3. The van der Waals surface area contributed by atoms with E-state index >= 15 is 0 Å². The Bertz CT molecular complexity index is 1810. The van der Waals surface area contributed by atoms with Crippen molar-refractivity contribution >= 4 is 34.6 Å². The molecule has 3 aromatic rings. The maximum Gasteiger partial charge on any atom is 0.411 e. The number of piperidine rings is 3. The molecule has 3 aliphatic heterocycles. The summed E-state index contributed by atoms with van der Waals surface area (Å²) in [5, 5.41) is 0.709. The van der Waals surface area contributed by atoms with Crippen molar-refractivity contribution in [2.45, 2.75) is 116 Å². The van der Waals surface area contributed by atoms with Crippen molar-refractivity contribution in [3.05, 3.63) is 59.8 Å². The number of carbonyl (C=O) groups is 4. The molecule has 5 atom stereocenters. The van der Waals surface area contributed by atoms with Crippen molar-refractivity contribution in [1.82, 2.24) is 24.3 Å². The summed E-state index contributed by atoms with van der Waals surface area (Å²) < 4.78 is 22.2. The monoisotopic (exact) mass is 685 g/mol. The minimum Gasteiger partial charge on any atom is -0.444 e. The maximum atomic E-state index is 14.7. The second-order valence-corrected chi connectivity index (χ2v) is 15.8. The van der Waals surface area contributed by atoms with Gasteiger partial charge in [-0.25, -0.2) is 9.18 Å². The number of hydrogen-bond donors (Lipinski definition) is 0. The Kier molecular flexibility index (Phi) is 8.97. The zero-order valence-electron chi connectivity index (χ0n) is 29.7. The number of nitrogens with zero attached hydrogens (tertiary/aromatic N) is 5. The van der Waals surface area contributed by atoms with Crippen LogP contribution in [0.15, 0.2) is 42.9 Å². The van der Waals surface area contributed by atoms with Gasteiger partial charge in [-0.2, -0.15) is 0 Å². The third kappa shape index (κ3) is 6.17. The van der Waals surface area contributed by atoms with Crippen LogP contribution in [0.5, 0.6) is 0 Å². The van der Waals surface area contributed by atoms with Gasteiger partial charge in [0.2, 0.25) is 5.91 Å². The van der Waals surface area contributed by atoms with E-state index < -0.39 is 23.6 Å². The van der Waals surface area contributed by atoms with Crippen molar-refractivity contribution < 1.29 is 28.3 Å². The number of carbonyl (C=O) groups excluding carboxylic acids is 4. The average molecular weight is 686 g/mol. The molecule has 266 valence electrons. The van der Waals surface area contributed by atoms with Gasteiger partial charge in [-0.15, -0.1) is 0 Å². The minimum atomic E-state index is -0.650. The molecule has 3 amide bonds. The fraction of sp³-hybridized carbons (Fsp3) is 0.564. The molecule has 0 unspecified atom stereocenters. The van der Waals surface area contributed by atoms with Gasteiger partial charge in [0.1, 0.15) is 17.5 Å². The van der Waals surface area contributed by atoms with Crippen LogP contribution in [0, 0.1) is 17.7 Å².